The number of hydrogen-bond donors (Lipinski definition) is 3. The van der Waals surface area contributed by atoms with E-state index >= 15 is 0 Å². The highest BCUT2D eigenvalue weighted by molar-refractivity contribution is 6.08. The molecule has 0 saturated heterocycles. The number of benzene rings is 1. The Bertz CT molecular complexity index is 1270. The SMILES string of the molecule is CC[C@H](C)[C@@H](C(=O)NC1CCc2cccc3c2N(C1=O)[C@H](C(=O)NCc1cn[nH]n1)C3)N(C(=O)COCCF)C(C)C. The Morgan fingerprint density at radius 2 is 2.00 bits per heavy atom. The number of nitrogens with zero attached hydrogens (tertiary/aromatic N) is 4. The normalized spacial score (nSPS) is 19.2. The van der Waals surface area contributed by atoms with Crippen molar-refractivity contribution in [1.29, 1.82) is 0 Å². The summed E-state index contributed by atoms with van der Waals surface area (Å²) in [5.41, 5.74) is 3.12. The van der Waals surface area contributed by atoms with E-state index in [0.717, 1.165) is 16.8 Å². The maximum absolute atomic E-state index is 14.1. The monoisotopic (exact) mass is 585 g/mol. The number of para-hydroxylation sites is 1. The number of nitrogens with one attached hydrogen (secondary N) is 3. The second-order valence-electron chi connectivity index (χ2n) is 11.1. The Labute approximate surface area is 244 Å². The summed E-state index contributed by atoms with van der Waals surface area (Å²) in [6, 6.07) is 2.87. The summed E-state index contributed by atoms with van der Waals surface area (Å²) in [6.45, 7) is 6.29. The molecule has 1 aromatic heterocycles. The van der Waals surface area contributed by atoms with Crippen LogP contribution < -0.4 is 15.5 Å². The van der Waals surface area contributed by atoms with E-state index in [2.05, 4.69) is 26.0 Å². The maximum Gasteiger partial charge on any atom is 0.250 e. The molecule has 4 rings (SSSR count). The van der Waals surface area contributed by atoms with Gasteiger partial charge >= 0.3 is 0 Å². The van der Waals surface area contributed by atoms with Gasteiger partial charge in [-0.25, -0.2) is 4.39 Å². The first-order valence-electron chi connectivity index (χ1n) is 14.5. The molecule has 2 aliphatic heterocycles. The smallest absolute Gasteiger partial charge is 0.250 e. The summed E-state index contributed by atoms with van der Waals surface area (Å²) in [5.74, 6) is -1.81. The van der Waals surface area contributed by atoms with Gasteiger partial charge in [-0.3, -0.25) is 24.1 Å². The minimum atomic E-state index is -0.903. The molecular formula is C29H40FN7O5. The molecule has 0 bridgehead atoms. The number of carbonyl (C=O) groups is 4. The van der Waals surface area contributed by atoms with Crippen LogP contribution in [0.25, 0.3) is 0 Å². The second kappa shape index (κ2) is 13.9. The van der Waals surface area contributed by atoms with Crippen LogP contribution >= 0.6 is 0 Å². The van der Waals surface area contributed by atoms with Crippen molar-refractivity contribution in [2.75, 3.05) is 24.8 Å². The van der Waals surface area contributed by atoms with E-state index in [1.165, 1.54) is 16.0 Å². The molecule has 0 fully saturated rings. The van der Waals surface area contributed by atoms with Crippen molar-refractivity contribution in [3.63, 3.8) is 0 Å². The standard InChI is InChI=1S/C29H40FN7O5/c1-5-18(4)25(36(17(2)3)24(38)16-42-12-11-30)28(40)33-22-10-9-19-7-6-8-20-13-23(37(26(19)20)29(22)41)27(39)31-14-21-15-32-35-34-21/h6-8,15,17-18,22-23,25H,5,9-14,16H2,1-4H3,(H,31,39)(H,33,40)(H,32,34,35)/t18-,22?,23-,25-/m0/s1. The zero-order valence-electron chi connectivity index (χ0n) is 24.6. The Morgan fingerprint density at radius 1 is 1.24 bits per heavy atom. The molecule has 2 aromatic rings. The van der Waals surface area contributed by atoms with Gasteiger partial charge in [-0.2, -0.15) is 15.4 Å². The molecule has 0 radical (unpaired) electrons. The lowest BCUT2D eigenvalue weighted by Crippen LogP contribution is -2.60. The predicted octanol–water partition coefficient (Wildman–Crippen LogP) is 1.45. The van der Waals surface area contributed by atoms with Crippen LogP contribution in [0.5, 0.6) is 0 Å². The fraction of sp³-hybridized carbons (Fsp3) is 0.586. The maximum atomic E-state index is 14.1. The van der Waals surface area contributed by atoms with Gasteiger partial charge in [0.05, 0.1) is 25.0 Å². The highest BCUT2D eigenvalue weighted by Crippen LogP contribution is 2.39. The molecule has 4 atom stereocenters. The van der Waals surface area contributed by atoms with Gasteiger partial charge in [0.2, 0.25) is 23.6 Å². The van der Waals surface area contributed by atoms with E-state index in [0.29, 0.717) is 31.4 Å². The first-order valence-corrected chi connectivity index (χ1v) is 14.5. The van der Waals surface area contributed by atoms with Gasteiger partial charge in [0.25, 0.3) is 0 Å². The number of aryl methyl sites for hydroxylation is 1. The lowest BCUT2D eigenvalue weighted by molar-refractivity contribution is -0.148. The van der Waals surface area contributed by atoms with Crippen LogP contribution in [-0.2, 0) is 43.3 Å². The third-order valence-corrected chi connectivity index (χ3v) is 7.98. The molecular weight excluding hydrogens is 545 g/mol. The van der Waals surface area contributed by atoms with Gasteiger partial charge in [-0.15, -0.1) is 0 Å². The summed E-state index contributed by atoms with van der Waals surface area (Å²) in [4.78, 5) is 57.5. The molecule has 0 spiro atoms. The number of carbonyl (C=O) groups excluding carboxylic acids is 4. The van der Waals surface area contributed by atoms with Crippen LogP contribution in [0.2, 0.25) is 0 Å². The number of hydrogen-bond acceptors (Lipinski definition) is 7. The van der Waals surface area contributed by atoms with Crippen LogP contribution in [0, 0.1) is 5.92 Å². The van der Waals surface area contributed by atoms with Crippen LogP contribution in [0.3, 0.4) is 0 Å². The minimum Gasteiger partial charge on any atom is -0.369 e. The quantitative estimate of drug-likeness (QED) is 0.301. The van der Waals surface area contributed by atoms with Crippen molar-refractivity contribution in [2.24, 2.45) is 5.92 Å². The lowest BCUT2D eigenvalue weighted by atomic mass is 9.94. The van der Waals surface area contributed by atoms with Crippen LogP contribution in [0.15, 0.2) is 24.4 Å². The Kier molecular flexibility index (Phi) is 10.3. The predicted molar refractivity (Wildman–Crippen MR) is 152 cm³/mol. The molecule has 228 valence electrons. The van der Waals surface area contributed by atoms with E-state index < -0.39 is 36.6 Å². The van der Waals surface area contributed by atoms with Gasteiger partial charge in [0.1, 0.15) is 37.1 Å². The molecule has 1 unspecified atom stereocenters. The summed E-state index contributed by atoms with van der Waals surface area (Å²) in [7, 11) is 0. The number of halogens is 1. The third kappa shape index (κ3) is 6.61. The first-order chi connectivity index (χ1) is 20.2. The van der Waals surface area contributed by atoms with Gasteiger partial charge in [-0.05, 0) is 43.7 Å². The van der Waals surface area contributed by atoms with Gasteiger partial charge < -0.3 is 20.3 Å². The van der Waals surface area contributed by atoms with Crippen molar-refractivity contribution in [3.8, 4) is 0 Å². The van der Waals surface area contributed by atoms with Crippen LogP contribution in [-0.4, -0.2) is 88.0 Å². The largest absolute Gasteiger partial charge is 0.369 e. The number of anilines is 1. The fourth-order valence-electron chi connectivity index (χ4n) is 5.77. The molecule has 2 aliphatic rings. The van der Waals surface area contributed by atoms with Crippen LogP contribution in [0.4, 0.5) is 10.1 Å². The highest BCUT2D eigenvalue weighted by atomic mass is 19.1. The Morgan fingerprint density at radius 3 is 2.67 bits per heavy atom. The van der Waals surface area contributed by atoms with Crippen molar-refractivity contribution < 1.29 is 28.3 Å². The second-order valence-corrected chi connectivity index (χ2v) is 11.1. The fourth-order valence-corrected chi connectivity index (χ4v) is 5.77. The molecule has 42 heavy (non-hydrogen) atoms. The number of aromatic nitrogens is 3. The third-order valence-electron chi connectivity index (χ3n) is 7.98. The van der Waals surface area contributed by atoms with Gasteiger partial charge in [0.15, 0.2) is 0 Å². The number of alkyl halides is 1. The lowest BCUT2D eigenvalue weighted by Gasteiger charge is -2.38. The molecule has 0 aliphatic carbocycles. The first kappa shape index (κ1) is 31.1. The summed E-state index contributed by atoms with van der Waals surface area (Å²) < 4.78 is 17.7. The number of H-pyrrole nitrogens is 1. The number of aromatic amines is 1. The molecule has 4 amide bonds. The Hall–Kier alpha value is -3.87. The number of ether oxygens (including phenoxy) is 1. The van der Waals surface area contributed by atoms with Crippen LogP contribution in [0.1, 0.15) is 57.4 Å². The number of amides is 4. The van der Waals surface area contributed by atoms with Crippen molar-refractivity contribution in [2.45, 2.75) is 84.1 Å². The topological polar surface area (TPSA) is 150 Å². The molecule has 1 aromatic carbocycles. The average molecular weight is 586 g/mol. The highest BCUT2D eigenvalue weighted by Gasteiger charge is 2.45. The Balaban J connectivity index is 1.57. The van der Waals surface area contributed by atoms with E-state index in [1.807, 2.05) is 32.0 Å². The van der Waals surface area contributed by atoms with E-state index in [9.17, 15) is 23.6 Å². The molecule has 0 saturated carbocycles. The van der Waals surface area contributed by atoms with Gasteiger partial charge in [0, 0.05) is 12.5 Å². The van der Waals surface area contributed by atoms with Crippen molar-refractivity contribution in [1.82, 2.24) is 30.9 Å². The van der Waals surface area contributed by atoms with E-state index in [4.69, 9.17) is 4.74 Å². The van der Waals surface area contributed by atoms with E-state index in [-0.39, 0.29) is 43.5 Å². The zero-order chi connectivity index (χ0) is 30.4. The van der Waals surface area contributed by atoms with E-state index in [1.54, 1.807) is 13.8 Å². The summed E-state index contributed by atoms with van der Waals surface area (Å²) in [5, 5.41) is 16.0. The van der Waals surface area contributed by atoms with Crippen molar-refractivity contribution >= 4 is 29.3 Å². The molecule has 3 N–H and O–H groups in total. The molecule has 13 heteroatoms. The molecule has 3 heterocycles. The van der Waals surface area contributed by atoms with Gasteiger partial charge in [-0.1, -0.05) is 38.5 Å². The summed E-state index contributed by atoms with van der Waals surface area (Å²) >= 11 is 0. The van der Waals surface area contributed by atoms with Crippen molar-refractivity contribution in [3.05, 3.63) is 41.2 Å². The minimum absolute atomic E-state index is 0.155. The molecule has 12 nitrogen and oxygen atoms in total. The average Bonchev–Trinajstić information content (AvgIpc) is 3.61. The zero-order valence-corrected chi connectivity index (χ0v) is 24.6. The number of rotatable bonds is 13. The summed E-state index contributed by atoms with van der Waals surface area (Å²) in [6.07, 6.45) is 3.34.